The van der Waals surface area contributed by atoms with Crippen LogP contribution in [0.3, 0.4) is 0 Å². The molecule has 154 valence electrons. The van der Waals surface area contributed by atoms with Gasteiger partial charge < -0.3 is 15.0 Å². The van der Waals surface area contributed by atoms with Gasteiger partial charge in [-0.05, 0) is 12.1 Å². The number of hydrogen-bond donors (Lipinski definition) is 1. The van der Waals surface area contributed by atoms with Gasteiger partial charge in [-0.25, -0.2) is 4.68 Å². The largest absolute Gasteiger partial charge is 0.480 e. The highest BCUT2D eigenvalue weighted by atomic mass is 19.4. The van der Waals surface area contributed by atoms with Crippen LogP contribution >= 0.6 is 0 Å². The molecule has 0 atom stereocenters. The van der Waals surface area contributed by atoms with Gasteiger partial charge in [0.05, 0.1) is 6.07 Å². The van der Waals surface area contributed by atoms with Crippen LogP contribution in [0, 0.1) is 0 Å². The van der Waals surface area contributed by atoms with E-state index in [4.69, 9.17) is 0 Å². The molecule has 3 rings (SSSR count). The molecule has 0 fully saturated rings. The summed E-state index contributed by atoms with van der Waals surface area (Å²) in [6, 6.07) is 3.93. The van der Waals surface area contributed by atoms with Crippen molar-refractivity contribution in [2.24, 2.45) is 0 Å². The number of amides is 1. The number of halogens is 3. The normalized spacial score (nSPS) is 11.5. The Kier molecular flexibility index (Phi) is 5.34. The number of nitrogens with one attached hydrogen (secondary N) is 1. The van der Waals surface area contributed by atoms with E-state index < -0.39 is 30.8 Å². The van der Waals surface area contributed by atoms with Gasteiger partial charge >= 0.3 is 6.18 Å². The van der Waals surface area contributed by atoms with Gasteiger partial charge in [-0.2, -0.15) is 17.7 Å². The molecule has 0 aliphatic carbocycles. The Hall–Kier alpha value is -3.71. The zero-order valence-electron chi connectivity index (χ0n) is 15.2. The second kappa shape index (κ2) is 7.73. The molecule has 3 heterocycles. The molecule has 0 aromatic carbocycles. The number of nitrogens with zero attached hydrogens (tertiary/aromatic N) is 7. The number of ether oxygens (including phenoxy) is 1. The number of aromatic nitrogens is 6. The standard InChI is InChI=1S/C15H15F3N8O3/c1-24(2)14-9(29-7-15(16,17)18)5-13(28)25(23-14)6-12(27)20-10-3-4-11-21-19-8-26(11)22-10/h3-5,8H,6-7H2,1-2H3,(H,20,22,27). The van der Waals surface area contributed by atoms with E-state index in [9.17, 15) is 22.8 Å². The molecule has 0 radical (unpaired) electrons. The molecule has 0 saturated carbocycles. The molecular formula is C15H15F3N8O3. The first kappa shape index (κ1) is 20.0. The highest BCUT2D eigenvalue weighted by Crippen LogP contribution is 2.24. The van der Waals surface area contributed by atoms with Crippen molar-refractivity contribution in [1.29, 1.82) is 0 Å². The van der Waals surface area contributed by atoms with Crippen molar-refractivity contribution in [3.63, 3.8) is 0 Å². The first-order valence-electron chi connectivity index (χ1n) is 8.08. The summed E-state index contributed by atoms with van der Waals surface area (Å²) >= 11 is 0. The number of alkyl halides is 3. The summed E-state index contributed by atoms with van der Waals surface area (Å²) in [4.78, 5) is 25.8. The lowest BCUT2D eigenvalue weighted by Gasteiger charge is -2.18. The third-order valence-electron chi connectivity index (χ3n) is 3.48. The molecule has 11 nitrogen and oxygen atoms in total. The van der Waals surface area contributed by atoms with Gasteiger partial charge in [0.1, 0.15) is 12.9 Å². The van der Waals surface area contributed by atoms with Gasteiger partial charge in [-0.1, -0.05) is 0 Å². The third kappa shape index (κ3) is 4.97. The molecule has 1 N–H and O–H groups in total. The minimum absolute atomic E-state index is 0.0364. The number of carbonyl (C=O) groups is 1. The lowest BCUT2D eigenvalue weighted by molar-refractivity contribution is -0.153. The topological polar surface area (TPSA) is 120 Å². The van der Waals surface area contributed by atoms with Gasteiger partial charge in [0.2, 0.25) is 5.91 Å². The summed E-state index contributed by atoms with van der Waals surface area (Å²) in [6.07, 6.45) is -3.22. The predicted octanol–water partition coefficient (Wildman–Crippen LogP) is 0.327. The molecule has 0 bridgehead atoms. The number of rotatable bonds is 6. The maximum absolute atomic E-state index is 12.4. The fourth-order valence-corrected chi connectivity index (χ4v) is 2.27. The number of hydrogen-bond acceptors (Lipinski definition) is 8. The van der Waals surface area contributed by atoms with E-state index in [0.717, 1.165) is 10.7 Å². The highest BCUT2D eigenvalue weighted by Gasteiger charge is 2.29. The monoisotopic (exact) mass is 412 g/mol. The Labute approximate surface area is 160 Å². The lowest BCUT2D eigenvalue weighted by atomic mass is 10.4. The number of carbonyl (C=O) groups excluding carboxylic acids is 1. The van der Waals surface area contributed by atoms with Crippen molar-refractivity contribution in [1.82, 2.24) is 29.6 Å². The van der Waals surface area contributed by atoms with Crippen LogP contribution in [0.1, 0.15) is 0 Å². The van der Waals surface area contributed by atoms with Crippen molar-refractivity contribution in [2.75, 3.05) is 30.9 Å². The maximum Gasteiger partial charge on any atom is 0.422 e. The fraction of sp³-hybridized carbons (Fsp3) is 0.333. The van der Waals surface area contributed by atoms with Crippen LogP contribution in [0.15, 0.2) is 29.3 Å². The molecular weight excluding hydrogens is 397 g/mol. The molecule has 0 aliphatic heterocycles. The van der Waals surface area contributed by atoms with Crippen LogP contribution in [0.25, 0.3) is 5.65 Å². The van der Waals surface area contributed by atoms with E-state index in [0.29, 0.717) is 5.65 Å². The van der Waals surface area contributed by atoms with Crippen LogP contribution in [-0.4, -0.2) is 62.4 Å². The quantitative estimate of drug-likeness (QED) is 0.615. The van der Waals surface area contributed by atoms with E-state index in [1.165, 1.54) is 35.9 Å². The van der Waals surface area contributed by atoms with Crippen molar-refractivity contribution < 1.29 is 22.7 Å². The molecule has 3 aromatic rings. The van der Waals surface area contributed by atoms with Crippen LogP contribution in [-0.2, 0) is 11.3 Å². The fourth-order valence-electron chi connectivity index (χ4n) is 2.27. The molecule has 3 aromatic heterocycles. The van der Waals surface area contributed by atoms with Gasteiger partial charge in [0.15, 0.2) is 29.6 Å². The maximum atomic E-state index is 12.4. The number of fused-ring (bicyclic) bond motifs is 1. The van der Waals surface area contributed by atoms with E-state index in [1.54, 1.807) is 6.07 Å². The lowest BCUT2D eigenvalue weighted by Crippen LogP contribution is -2.32. The zero-order chi connectivity index (χ0) is 21.2. The second-order valence-electron chi connectivity index (χ2n) is 6.03. The summed E-state index contributed by atoms with van der Waals surface area (Å²) in [7, 11) is 3.02. The van der Waals surface area contributed by atoms with Crippen molar-refractivity contribution >= 4 is 23.2 Å². The Bertz CT molecular complexity index is 1090. The van der Waals surface area contributed by atoms with Gasteiger partial charge in [-0.3, -0.25) is 9.59 Å². The summed E-state index contributed by atoms with van der Waals surface area (Å²) in [6.45, 7) is -2.06. The van der Waals surface area contributed by atoms with Crippen LogP contribution < -0.4 is 20.5 Å². The molecule has 0 saturated heterocycles. The summed E-state index contributed by atoms with van der Waals surface area (Å²) in [5, 5.41) is 17.9. The minimum atomic E-state index is -4.57. The molecule has 29 heavy (non-hydrogen) atoms. The Morgan fingerprint density at radius 3 is 2.72 bits per heavy atom. The summed E-state index contributed by atoms with van der Waals surface area (Å²) < 4.78 is 44.0. The Morgan fingerprint density at radius 2 is 2.03 bits per heavy atom. The van der Waals surface area contributed by atoms with E-state index in [2.05, 4.69) is 30.4 Å². The summed E-state index contributed by atoms with van der Waals surface area (Å²) in [5.41, 5.74) is -0.323. The molecule has 0 unspecified atom stereocenters. The molecule has 0 aliphatic rings. The van der Waals surface area contributed by atoms with E-state index >= 15 is 0 Å². The predicted molar refractivity (Wildman–Crippen MR) is 93.8 cm³/mol. The first-order valence-corrected chi connectivity index (χ1v) is 8.08. The average Bonchev–Trinajstić information content (AvgIpc) is 3.08. The third-order valence-corrected chi connectivity index (χ3v) is 3.48. The van der Waals surface area contributed by atoms with E-state index in [-0.39, 0.29) is 17.4 Å². The second-order valence-corrected chi connectivity index (χ2v) is 6.03. The molecule has 1 amide bonds. The smallest absolute Gasteiger partial charge is 0.422 e. The average molecular weight is 412 g/mol. The zero-order valence-corrected chi connectivity index (χ0v) is 15.2. The molecule has 0 spiro atoms. The SMILES string of the molecule is CN(C)c1nn(CC(=O)Nc2ccc3nncn3n2)c(=O)cc1OCC(F)(F)F. The van der Waals surface area contributed by atoms with Crippen molar-refractivity contribution in [3.05, 3.63) is 34.9 Å². The van der Waals surface area contributed by atoms with Crippen molar-refractivity contribution in [2.45, 2.75) is 12.7 Å². The van der Waals surface area contributed by atoms with Gasteiger partial charge in [0, 0.05) is 14.1 Å². The highest BCUT2D eigenvalue weighted by molar-refractivity contribution is 5.89. The van der Waals surface area contributed by atoms with Crippen LogP contribution in [0.4, 0.5) is 24.8 Å². The Balaban J connectivity index is 1.77. The minimum Gasteiger partial charge on any atom is -0.480 e. The van der Waals surface area contributed by atoms with Crippen molar-refractivity contribution in [3.8, 4) is 5.75 Å². The number of anilines is 2. The van der Waals surface area contributed by atoms with Crippen LogP contribution in [0.5, 0.6) is 5.75 Å². The van der Waals surface area contributed by atoms with Gasteiger partial charge in [-0.15, -0.1) is 20.4 Å². The summed E-state index contributed by atoms with van der Waals surface area (Å²) in [5.74, 6) is -0.805. The molecule has 14 heteroatoms. The Morgan fingerprint density at radius 1 is 1.28 bits per heavy atom. The van der Waals surface area contributed by atoms with Crippen LogP contribution in [0.2, 0.25) is 0 Å². The van der Waals surface area contributed by atoms with E-state index in [1.807, 2.05) is 0 Å². The first-order chi connectivity index (χ1) is 13.6. The van der Waals surface area contributed by atoms with Gasteiger partial charge in [0.25, 0.3) is 5.56 Å².